The summed E-state index contributed by atoms with van der Waals surface area (Å²) in [6.07, 6.45) is 0.655. The van der Waals surface area contributed by atoms with Crippen LogP contribution in [0.2, 0.25) is 0 Å². The van der Waals surface area contributed by atoms with E-state index in [0.29, 0.717) is 45.3 Å². The van der Waals surface area contributed by atoms with Gasteiger partial charge in [-0.2, -0.15) is 0 Å². The predicted octanol–water partition coefficient (Wildman–Crippen LogP) is 4.69. The molecule has 198 valence electrons. The van der Waals surface area contributed by atoms with E-state index in [4.69, 9.17) is 18.9 Å². The average molecular weight is 506 g/mol. The van der Waals surface area contributed by atoms with Crippen LogP contribution in [0.4, 0.5) is 9.18 Å². The van der Waals surface area contributed by atoms with Gasteiger partial charge < -0.3 is 29.0 Å². The summed E-state index contributed by atoms with van der Waals surface area (Å²) in [6.45, 7) is 5.93. The third-order valence-corrected chi connectivity index (χ3v) is 5.29. The van der Waals surface area contributed by atoms with Crippen LogP contribution in [-0.2, 0) is 32.0 Å². The Morgan fingerprint density at radius 2 is 1.61 bits per heavy atom. The van der Waals surface area contributed by atoms with Crippen LogP contribution in [0.25, 0.3) is 0 Å². The molecule has 0 saturated carbocycles. The molecule has 0 aliphatic carbocycles. The number of benzene rings is 2. The van der Waals surface area contributed by atoms with Crippen LogP contribution in [0.5, 0.6) is 5.75 Å². The number of hydrogen-bond acceptors (Lipinski definition) is 6. The molecule has 2 rings (SSSR count). The van der Waals surface area contributed by atoms with E-state index in [0.717, 1.165) is 24.0 Å². The number of halogens is 1. The van der Waals surface area contributed by atoms with Crippen molar-refractivity contribution in [2.75, 3.05) is 39.5 Å². The zero-order valence-corrected chi connectivity index (χ0v) is 21.0. The molecule has 36 heavy (non-hydrogen) atoms. The fourth-order valence-corrected chi connectivity index (χ4v) is 3.26. The fourth-order valence-electron chi connectivity index (χ4n) is 3.26. The number of carbonyl (C=O) groups is 2. The van der Waals surface area contributed by atoms with Gasteiger partial charge in [-0.05, 0) is 48.7 Å². The number of ether oxygens (including phenoxy) is 4. The third-order valence-electron chi connectivity index (χ3n) is 5.29. The quantitative estimate of drug-likeness (QED) is 0.312. The SMILES string of the molecule is CCCCOC(=O)N(CCOCc1ccc(F)cc1)CCOc1ccc(CC(OCC)C(=O)O)cc1. The van der Waals surface area contributed by atoms with E-state index >= 15 is 0 Å². The second kappa shape index (κ2) is 16.5. The van der Waals surface area contributed by atoms with Crippen LogP contribution < -0.4 is 4.74 Å². The molecule has 1 N–H and O–H groups in total. The van der Waals surface area contributed by atoms with E-state index in [1.807, 2.05) is 6.92 Å². The topological polar surface area (TPSA) is 94.5 Å². The predicted molar refractivity (Wildman–Crippen MR) is 133 cm³/mol. The molecule has 2 aromatic rings. The summed E-state index contributed by atoms with van der Waals surface area (Å²) in [5, 5.41) is 9.23. The first-order valence-electron chi connectivity index (χ1n) is 12.2. The molecule has 9 heteroatoms. The van der Waals surface area contributed by atoms with Crippen LogP contribution in [0.1, 0.15) is 37.8 Å². The van der Waals surface area contributed by atoms with Gasteiger partial charge in [0, 0.05) is 19.6 Å². The molecule has 0 spiro atoms. The number of nitrogens with zero attached hydrogens (tertiary/aromatic N) is 1. The number of carboxylic acids is 1. The lowest BCUT2D eigenvalue weighted by atomic mass is 10.1. The van der Waals surface area contributed by atoms with Crippen molar-refractivity contribution in [3.8, 4) is 5.75 Å². The molecule has 0 radical (unpaired) electrons. The molecule has 0 bridgehead atoms. The Hall–Kier alpha value is -3.17. The summed E-state index contributed by atoms with van der Waals surface area (Å²) >= 11 is 0. The van der Waals surface area contributed by atoms with E-state index in [9.17, 15) is 19.1 Å². The molecule has 0 aliphatic rings. The van der Waals surface area contributed by atoms with Gasteiger partial charge in [0.2, 0.25) is 0 Å². The van der Waals surface area contributed by atoms with Crippen molar-refractivity contribution in [2.45, 2.75) is 45.8 Å². The number of unbranched alkanes of at least 4 members (excludes halogenated alkanes) is 1. The number of carboxylic acid groups (broad SMARTS) is 1. The van der Waals surface area contributed by atoms with Gasteiger partial charge >= 0.3 is 12.1 Å². The van der Waals surface area contributed by atoms with Crippen molar-refractivity contribution in [1.82, 2.24) is 4.90 Å². The number of amides is 1. The molecule has 2 aromatic carbocycles. The number of aliphatic carboxylic acids is 1. The molecule has 1 atom stereocenters. The summed E-state index contributed by atoms with van der Waals surface area (Å²) in [4.78, 5) is 25.3. The molecular weight excluding hydrogens is 469 g/mol. The van der Waals surface area contributed by atoms with Gasteiger partial charge in [0.05, 0.1) is 26.4 Å². The highest BCUT2D eigenvalue weighted by atomic mass is 19.1. The Morgan fingerprint density at radius 1 is 0.944 bits per heavy atom. The van der Waals surface area contributed by atoms with Crippen molar-refractivity contribution >= 4 is 12.1 Å². The van der Waals surface area contributed by atoms with Gasteiger partial charge in [0.1, 0.15) is 18.2 Å². The molecule has 0 fully saturated rings. The van der Waals surface area contributed by atoms with E-state index in [-0.39, 0.29) is 18.8 Å². The van der Waals surface area contributed by atoms with E-state index in [1.165, 1.54) is 17.0 Å². The first-order valence-corrected chi connectivity index (χ1v) is 12.2. The highest BCUT2D eigenvalue weighted by molar-refractivity contribution is 5.72. The minimum Gasteiger partial charge on any atom is -0.492 e. The summed E-state index contributed by atoms with van der Waals surface area (Å²) in [5.41, 5.74) is 1.67. The van der Waals surface area contributed by atoms with Crippen molar-refractivity contribution in [3.05, 3.63) is 65.5 Å². The Morgan fingerprint density at radius 3 is 2.25 bits per heavy atom. The standard InChI is InChI=1S/C27H36FNO7/c1-3-5-16-36-27(32)29(14-17-33-20-22-6-10-23(28)11-7-22)15-18-35-24-12-8-21(9-13-24)19-25(26(30)31)34-4-2/h6-13,25H,3-5,14-20H2,1-2H3,(H,30,31). The fraction of sp³-hybridized carbons (Fsp3) is 0.481. The Balaban J connectivity index is 1.83. The first kappa shape index (κ1) is 29.1. The van der Waals surface area contributed by atoms with Crippen LogP contribution in [0, 0.1) is 5.82 Å². The van der Waals surface area contributed by atoms with E-state index in [2.05, 4.69) is 0 Å². The molecule has 1 amide bonds. The van der Waals surface area contributed by atoms with Gasteiger partial charge in [0.25, 0.3) is 0 Å². The van der Waals surface area contributed by atoms with Crippen molar-refractivity contribution in [1.29, 1.82) is 0 Å². The molecule has 0 saturated heterocycles. The van der Waals surface area contributed by atoms with Crippen LogP contribution in [-0.4, -0.2) is 67.7 Å². The van der Waals surface area contributed by atoms with Crippen LogP contribution >= 0.6 is 0 Å². The van der Waals surface area contributed by atoms with Gasteiger partial charge in [-0.1, -0.05) is 37.6 Å². The van der Waals surface area contributed by atoms with E-state index in [1.54, 1.807) is 43.3 Å². The highest BCUT2D eigenvalue weighted by Crippen LogP contribution is 2.15. The molecule has 1 unspecified atom stereocenters. The van der Waals surface area contributed by atoms with Crippen molar-refractivity contribution in [3.63, 3.8) is 0 Å². The molecule has 8 nitrogen and oxygen atoms in total. The van der Waals surface area contributed by atoms with Gasteiger partial charge in [-0.15, -0.1) is 0 Å². The summed E-state index contributed by atoms with van der Waals surface area (Å²) in [6, 6.07) is 13.2. The lowest BCUT2D eigenvalue weighted by Gasteiger charge is -2.22. The largest absolute Gasteiger partial charge is 0.492 e. The van der Waals surface area contributed by atoms with Crippen molar-refractivity contribution in [2.24, 2.45) is 0 Å². The van der Waals surface area contributed by atoms with Crippen LogP contribution in [0.3, 0.4) is 0 Å². The first-order chi connectivity index (χ1) is 17.4. The Kier molecular flexibility index (Phi) is 13.3. The number of rotatable bonds is 17. The molecule has 0 heterocycles. The second-order valence-corrected chi connectivity index (χ2v) is 8.11. The Bertz CT molecular complexity index is 905. The van der Waals surface area contributed by atoms with Gasteiger partial charge in [-0.25, -0.2) is 14.0 Å². The molecule has 0 aromatic heterocycles. The highest BCUT2D eigenvalue weighted by Gasteiger charge is 2.18. The second-order valence-electron chi connectivity index (χ2n) is 8.11. The minimum atomic E-state index is -0.996. The lowest BCUT2D eigenvalue weighted by Crippen LogP contribution is -2.37. The van der Waals surface area contributed by atoms with Gasteiger partial charge in [-0.3, -0.25) is 0 Å². The third kappa shape index (κ3) is 11.0. The minimum absolute atomic E-state index is 0.247. The maximum absolute atomic E-state index is 13.0. The maximum Gasteiger partial charge on any atom is 0.409 e. The summed E-state index contributed by atoms with van der Waals surface area (Å²) in [5.74, 6) is -0.692. The lowest BCUT2D eigenvalue weighted by molar-refractivity contribution is -0.149. The van der Waals surface area contributed by atoms with Crippen molar-refractivity contribution < 1.29 is 38.0 Å². The molecular formula is C27H36FNO7. The number of hydrogen-bond donors (Lipinski definition) is 1. The molecule has 0 aliphatic heterocycles. The van der Waals surface area contributed by atoms with E-state index < -0.39 is 18.2 Å². The number of carbonyl (C=O) groups excluding carboxylic acids is 1. The Labute approximate surface area is 211 Å². The summed E-state index contributed by atoms with van der Waals surface area (Å²) < 4.78 is 35.0. The van der Waals surface area contributed by atoms with Crippen LogP contribution in [0.15, 0.2) is 48.5 Å². The summed E-state index contributed by atoms with van der Waals surface area (Å²) in [7, 11) is 0. The average Bonchev–Trinajstić information content (AvgIpc) is 2.87. The zero-order valence-electron chi connectivity index (χ0n) is 21.0. The van der Waals surface area contributed by atoms with Gasteiger partial charge in [0.15, 0.2) is 6.10 Å². The monoisotopic (exact) mass is 505 g/mol. The zero-order chi connectivity index (χ0) is 26.2. The smallest absolute Gasteiger partial charge is 0.409 e. The maximum atomic E-state index is 13.0. The normalized spacial score (nSPS) is 11.6.